The third-order valence-corrected chi connectivity index (χ3v) is 4.20. The molecule has 0 bridgehead atoms. The highest BCUT2D eigenvalue weighted by molar-refractivity contribution is 5.94. The Balaban J connectivity index is 1.51. The minimum atomic E-state index is -0.126. The van der Waals surface area contributed by atoms with Gasteiger partial charge in [-0.3, -0.25) is 4.79 Å². The van der Waals surface area contributed by atoms with Gasteiger partial charge in [-0.25, -0.2) is 4.98 Å². The van der Waals surface area contributed by atoms with Crippen molar-refractivity contribution in [3.05, 3.63) is 89.6 Å². The van der Waals surface area contributed by atoms with E-state index in [4.69, 9.17) is 4.74 Å². The molecule has 0 saturated heterocycles. The lowest BCUT2D eigenvalue weighted by Crippen LogP contribution is -2.23. The first-order valence-corrected chi connectivity index (χ1v) is 8.89. The Morgan fingerprint density at radius 2 is 1.78 bits per heavy atom. The lowest BCUT2D eigenvalue weighted by atomic mass is 10.1. The summed E-state index contributed by atoms with van der Waals surface area (Å²) in [5.41, 5.74) is 2.86. The fourth-order valence-corrected chi connectivity index (χ4v) is 2.68. The lowest BCUT2D eigenvalue weighted by molar-refractivity contribution is 0.0951. The number of rotatable bonds is 8. The van der Waals surface area contributed by atoms with Crippen LogP contribution in [0.1, 0.15) is 21.5 Å². The first-order valence-electron chi connectivity index (χ1n) is 8.89. The van der Waals surface area contributed by atoms with E-state index in [-0.39, 0.29) is 5.91 Å². The molecule has 0 unspecified atom stereocenters. The van der Waals surface area contributed by atoms with Gasteiger partial charge in [-0.2, -0.15) is 0 Å². The number of ether oxygens (including phenoxy) is 1. The smallest absolute Gasteiger partial charge is 0.251 e. The molecule has 1 amide bonds. The highest BCUT2D eigenvalue weighted by Crippen LogP contribution is 2.12. The molecule has 0 radical (unpaired) electrons. The molecule has 0 aliphatic carbocycles. The number of carbonyl (C=O) groups excluding carboxylic acids is 1. The van der Waals surface area contributed by atoms with Crippen molar-refractivity contribution < 1.29 is 9.53 Å². The maximum Gasteiger partial charge on any atom is 0.251 e. The average Bonchev–Trinajstić information content (AvgIpc) is 2.73. The number of pyridine rings is 1. The van der Waals surface area contributed by atoms with Crippen LogP contribution < -0.4 is 15.4 Å². The molecule has 138 valence electrons. The van der Waals surface area contributed by atoms with Crippen LogP contribution in [0.4, 0.5) is 5.82 Å². The molecule has 1 aromatic heterocycles. The number of aromatic nitrogens is 1. The summed E-state index contributed by atoms with van der Waals surface area (Å²) >= 11 is 0. The van der Waals surface area contributed by atoms with Gasteiger partial charge >= 0.3 is 0 Å². The van der Waals surface area contributed by atoms with E-state index in [0.29, 0.717) is 17.9 Å². The van der Waals surface area contributed by atoms with Crippen molar-refractivity contribution in [1.29, 1.82) is 0 Å². The summed E-state index contributed by atoms with van der Waals surface area (Å²) in [4.78, 5) is 16.7. The Morgan fingerprint density at radius 1 is 1.00 bits per heavy atom. The van der Waals surface area contributed by atoms with Crippen molar-refractivity contribution in [2.75, 3.05) is 19.0 Å². The van der Waals surface area contributed by atoms with Gasteiger partial charge in [-0.05, 0) is 41.8 Å². The van der Waals surface area contributed by atoms with E-state index in [1.165, 1.54) is 5.56 Å². The number of hydrogen-bond donors (Lipinski definition) is 2. The number of anilines is 1. The molecule has 0 spiro atoms. The third kappa shape index (κ3) is 5.57. The number of carbonyl (C=O) groups is 1. The number of nitrogens with one attached hydrogen (secondary N) is 2. The SMILES string of the molecule is COc1ccc(CNC(=O)c2ccnc(NCCc3ccccc3)c2)cc1. The van der Waals surface area contributed by atoms with Crippen molar-refractivity contribution in [1.82, 2.24) is 10.3 Å². The highest BCUT2D eigenvalue weighted by Gasteiger charge is 2.07. The van der Waals surface area contributed by atoms with Gasteiger partial charge in [0.2, 0.25) is 0 Å². The molecule has 2 aromatic carbocycles. The Bertz CT molecular complexity index is 864. The van der Waals surface area contributed by atoms with Gasteiger partial charge in [-0.15, -0.1) is 0 Å². The second-order valence-electron chi connectivity index (χ2n) is 6.12. The molecule has 5 nitrogen and oxygen atoms in total. The summed E-state index contributed by atoms with van der Waals surface area (Å²) in [6.45, 7) is 1.22. The van der Waals surface area contributed by atoms with Gasteiger partial charge in [0, 0.05) is 24.8 Å². The van der Waals surface area contributed by atoms with Crippen LogP contribution in [0.25, 0.3) is 0 Å². The summed E-state index contributed by atoms with van der Waals surface area (Å²) < 4.78 is 5.14. The Labute approximate surface area is 159 Å². The molecule has 3 aromatic rings. The molecule has 0 aliphatic rings. The zero-order valence-corrected chi connectivity index (χ0v) is 15.3. The third-order valence-electron chi connectivity index (χ3n) is 4.20. The van der Waals surface area contributed by atoms with Gasteiger partial charge in [0.15, 0.2) is 0 Å². The largest absolute Gasteiger partial charge is 0.497 e. The van der Waals surface area contributed by atoms with Gasteiger partial charge in [0.1, 0.15) is 11.6 Å². The van der Waals surface area contributed by atoms with E-state index in [1.54, 1.807) is 25.4 Å². The maximum atomic E-state index is 12.4. The lowest BCUT2D eigenvalue weighted by Gasteiger charge is -2.09. The first kappa shape index (κ1) is 18.5. The number of amides is 1. The Kier molecular flexibility index (Phi) is 6.41. The van der Waals surface area contributed by atoms with Crippen molar-refractivity contribution in [3.8, 4) is 5.75 Å². The molecule has 0 aliphatic heterocycles. The number of methoxy groups -OCH3 is 1. The van der Waals surface area contributed by atoms with Gasteiger partial charge in [0.05, 0.1) is 7.11 Å². The van der Waals surface area contributed by atoms with Crippen LogP contribution in [0.15, 0.2) is 72.9 Å². The molecule has 3 rings (SSSR count). The molecule has 1 heterocycles. The average molecular weight is 361 g/mol. The van der Waals surface area contributed by atoms with E-state index in [0.717, 1.165) is 24.3 Å². The standard InChI is InChI=1S/C22H23N3O2/c1-27-20-9-7-18(8-10-20)16-25-22(26)19-12-14-24-21(15-19)23-13-11-17-5-3-2-4-6-17/h2-10,12,14-15H,11,13,16H2,1H3,(H,23,24)(H,25,26). The summed E-state index contributed by atoms with van der Waals surface area (Å²) in [5, 5.41) is 6.20. The fourth-order valence-electron chi connectivity index (χ4n) is 2.68. The molecule has 0 fully saturated rings. The Morgan fingerprint density at radius 3 is 2.52 bits per heavy atom. The quantitative estimate of drug-likeness (QED) is 0.642. The molecule has 0 atom stereocenters. The van der Waals surface area contributed by atoms with Crippen LogP contribution in [0.5, 0.6) is 5.75 Å². The van der Waals surface area contributed by atoms with Gasteiger partial charge in [0.25, 0.3) is 5.91 Å². The summed E-state index contributed by atoms with van der Waals surface area (Å²) in [7, 11) is 1.63. The van der Waals surface area contributed by atoms with Gasteiger partial charge < -0.3 is 15.4 Å². The summed E-state index contributed by atoms with van der Waals surface area (Å²) in [6, 6.07) is 21.4. The molecular formula is C22H23N3O2. The van der Waals surface area contributed by atoms with Crippen LogP contribution >= 0.6 is 0 Å². The number of nitrogens with zero attached hydrogens (tertiary/aromatic N) is 1. The van der Waals surface area contributed by atoms with E-state index in [2.05, 4.69) is 27.8 Å². The highest BCUT2D eigenvalue weighted by atomic mass is 16.5. The van der Waals surface area contributed by atoms with Crippen LogP contribution in [0.3, 0.4) is 0 Å². The minimum Gasteiger partial charge on any atom is -0.497 e. The predicted molar refractivity (Wildman–Crippen MR) is 107 cm³/mol. The maximum absolute atomic E-state index is 12.4. The normalized spacial score (nSPS) is 10.3. The van der Waals surface area contributed by atoms with Crippen molar-refractivity contribution in [2.45, 2.75) is 13.0 Å². The van der Waals surface area contributed by atoms with E-state index >= 15 is 0 Å². The first-order chi connectivity index (χ1) is 13.2. The van der Waals surface area contributed by atoms with Crippen molar-refractivity contribution in [3.63, 3.8) is 0 Å². The molecule has 0 saturated carbocycles. The minimum absolute atomic E-state index is 0.126. The molecule has 2 N–H and O–H groups in total. The molecule has 27 heavy (non-hydrogen) atoms. The number of benzene rings is 2. The summed E-state index contributed by atoms with van der Waals surface area (Å²) in [5.74, 6) is 1.37. The summed E-state index contributed by atoms with van der Waals surface area (Å²) in [6.07, 6.45) is 2.55. The zero-order chi connectivity index (χ0) is 18.9. The Hall–Kier alpha value is -3.34. The van der Waals surface area contributed by atoms with E-state index < -0.39 is 0 Å². The van der Waals surface area contributed by atoms with Crippen molar-refractivity contribution in [2.24, 2.45) is 0 Å². The van der Waals surface area contributed by atoms with E-state index in [1.807, 2.05) is 42.5 Å². The zero-order valence-electron chi connectivity index (χ0n) is 15.3. The van der Waals surface area contributed by atoms with Crippen LogP contribution in [-0.4, -0.2) is 24.5 Å². The number of hydrogen-bond acceptors (Lipinski definition) is 4. The van der Waals surface area contributed by atoms with Gasteiger partial charge in [-0.1, -0.05) is 42.5 Å². The molecule has 5 heteroatoms. The second-order valence-corrected chi connectivity index (χ2v) is 6.12. The topological polar surface area (TPSA) is 63.2 Å². The second kappa shape index (κ2) is 9.38. The van der Waals surface area contributed by atoms with Crippen LogP contribution in [0, 0.1) is 0 Å². The van der Waals surface area contributed by atoms with E-state index in [9.17, 15) is 4.79 Å². The molecular weight excluding hydrogens is 338 g/mol. The monoisotopic (exact) mass is 361 g/mol. The van der Waals surface area contributed by atoms with Crippen LogP contribution in [-0.2, 0) is 13.0 Å². The fraction of sp³-hybridized carbons (Fsp3) is 0.182. The van der Waals surface area contributed by atoms with Crippen LogP contribution in [0.2, 0.25) is 0 Å². The van der Waals surface area contributed by atoms with Crippen molar-refractivity contribution >= 4 is 11.7 Å². The predicted octanol–water partition coefficient (Wildman–Crippen LogP) is 3.67.